The molecular weight excluding hydrogens is 417 g/mol. The minimum Gasteiger partial charge on any atom is -0.496 e. The predicted octanol–water partition coefficient (Wildman–Crippen LogP) is 3.83. The Bertz CT molecular complexity index is 902. The summed E-state index contributed by atoms with van der Waals surface area (Å²) in [6, 6.07) is 3.24. The van der Waals surface area contributed by atoms with Crippen LogP contribution < -0.4 is 15.4 Å². The molecule has 3 rings (SSSR count). The molecule has 1 aliphatic rings. The van der Waals surface area contributed by atoms with Crippen LogP contribution in [0.1, 0.15) is 24.2 Å². The van der Waals surface area contributed by atoms with Crippen molar-refractivity contribution in [3.63, 3.8) is 0 Å². The highest BCUT2D eigenvalue weighted by atomic mass is 35.5. The fraction of sp³-hybridized carbons (Fsp3) is 0.421. The minimum absolute atomic E-state index is 0.0338. The predicted molar refractivity (Wildman–Crippen MR) is 114 cm³/mol. The van der Waals surface area contributed by atoms with Crippen molar-refractivity contribution in [2.45, 2.75) is 26.1 Å². The Balaban J connectivity index is 1.88. The first-order valence-corrected chi connectivity index (χ1v) is 9.87. The molecule has 2 heterocycles. The van der Waals surface area contributed by atoms with Gasteiger partial charge in [0, 0.05) is 26.2 Å². The van der Waals surface area contributed by atoms with E-state index in [4.69, 9.17) is 32.7 Å². The Morgan fingerprint density at radius 3 is 2.55 bits per heavy atom. The average Bonchev–Trinajstić information content (AvgIpc) is 2.69. The standard InChI is InChI=1S/C19H23Cl2N5O3/c1-10-8-26(9-11(2)29-10)18(27)12-5-13(20)15(6-16(12)28-4)24-19-23-7-14(21)17(22-3)25-19/h5-7,10-11H,8-9H2,1-4H3,(H2,22,23,24,25)/t10-,11+. The quantitative estimate of drug-likeness (QED) is 0.731. The molecule has 0 spiro atoms. The van der Waals surface area contributed by atoms with E-state index in [1.807, 2.05) is 13.8 Å². The SMILES string of the molecule is CNc1nc(Nc2cc(OC)c(C(=O)N3C[C@@H](C)O[C@@H](C)C3)cc2Cl)ncc1Cl. The molecule has 1 amide bonds. The van der Waals surface area contributed by atoms with E-state index in [0.717, 1.165) is 0 Å². The number of amides is 1. The summed E-state index contributed by atoms with van der Waals surface area (Å²) in [7, 11) is 3.22. The van der Waals surface area contributed by atoms with Gasteiger partial charge in [0.2, 0.25) is 5.95 Å². The molecule has 0 unspecified atom stereocenters. The molecule has 0 bridgehead atoms. The maximum atomic E-state index is 13.1. The van der Waals surface area contributed by atoms with Crippen LogP contribution in [0.3, 0.4) is 0 Å². The van der Waals surface area contributed by atoms with Gasteiger partial charge in [0.05, 0.1) is 41.8 Å². The van der Waals surface area contributed by atoms with Crippen molar-refractivity contribution in [2.75, 3.05) is 37.9 Å². The second-order valence-corrected chi connectivity index (χ2v) is 7.58. The first kappa shape index (κ1) is 21.4. The van der Waals surface area contributed by atoms with E-state index in [-0.39, 0.29) is 18.1 Å². The molecule has 1 fully saturated rings. The van der Waals surface area contributed by atoms with Crippen molar-refractivity contribution in [1.29, 1.82) is 0 Å². The third kappa shape index (κ3) is 4.83. The average molecular weight is 440 g/mol. The Hall–Kier alpha value is -2.29. The molecule has 0 aliphatic carbocycles. The maximum absolute atomic E-state index is 13.1. The van der Waals surface area contributed by atoms with Crippen LogP contribution in [-0.2, 0) is 4.74 Å². The lowest BCUT2D eigenvalue weighted by molar-refractivity contribution is -0.0586. The fourth-order valence-electron chi connectivity index (χ4n) is 3.22. The topological polar surface area (TPSA) is 88.6 Å². The molecule has 156 valence electrons. The highest BCUT2D eigenvalue weighted by Crippen LogP contribution is 2.34. The molecule has 1 aromatic heterocycles. The third-order valence-electron chi connectivity index (χ3n) is 4.45. The summed E-state index contributed by atoms with van der Waals surface area (Å²) in [5.41, 5.74) is 0.894. The minimum atomic E-state index is -0.155. The smallest absolute Gasteiger partial charge is 0.257 e. The fourth-order valence-corrected chi connectivity index (χ4v) is 3.62. The van der Waals surface area contributed by atoms with Gasteiger partial charge in [-0.25, -0.2) is 4.98 Å². The van der Waals surface area contributed by atoms with Crippen molar-refractivity contribution >= 4 is 46.6 Å². The number of nitrogens with one attached hydrogen (secondary N) is 2. The highest BCUT2D eigenvalue weighted by molar-refractivity contribution is 6.34. The number of ether oxygens (including phenoxy) is 2. The summed E-state index contributed by atoms with van der Waals surface area (Å²) in [5, 5.41) is 6.66. The number of carbonyl (C=O) groups is 1. The van der Waals surface area contributed by atoms with Crippen molar-refractivity contribution in [3.8, 4) is 5.75 Å². The van der Waals surface area contributed by atoms with Crippen LogP contribution >= 0.6 is 23.2 Å². The first-order chi connectivity index (χ1) is 13.8. The van der Waals surface area contributed by atoms with Crippen LogP contribution in [0.15, 0.2) is 18.3 Å². The number of carbonyl (C=O) groups excluding carboxylic acids is 1. The number of morpholine rings is 1. The summed E-state index contributed by atoms with van der Waals surface area (Å²) < 4.78 is 11.2. The Labute approximate surface area is 179 Å². The van der Waals surface area contributed by atoms with Gasteiger partial charge in [-0.15, -0.1) is 0 Å². The molecule has 8 nitrogen and oxygen atoms in total. The van der Waals surface area contributed by atoms with Crippen LogP contribution in [0, 0.1) is 0 Å². The number of aromatic nitrogens is 2. The normalized spacial score (nSPS) is 19.0. The van der Waals surface area contributed by atoms with Gasteiger partial charge >= 0.3 is 0 Å². The number of benzene rings is 1. The van der Waals surface area contributed by atoms with Gasteiger partial charge < -0.3 is 25.0 Å². The monoisotopic (exact) mass is 439 g/mol. The summed E-state index contributed by atoms with van der Waals surface area (Å²) in [6.07, 6.45) is 1.41. The van der Waals surface area contributed by atoms with Gasteiger partial charge in [0.25, 0.3) is 5.91 Å². The number of nitrogens with zero attached hydrogens (tertiary/aromatic N) is 3. The molecule has 29 heavy (non-hydrogen) atoms. The zero-order valence-corrected chi connectivity index (χ0v) is 18.1. The van der Waals surface area contributed by atoms with Gasteiger partial charge in [0.15, 0.2) is 0 Å². The van der Waals surface area contributed by atoms with E-state index in [1.54, 1.807) is 24.1 Å². The molecule has 1 saturated heterocycles. The molecule has 2 N–H and O–H groups in total. The molecule has 0 saturated carbocycles. The van der Waals surface area contributed by atoms with Crippen LogP contribution in [-0.4, -0.2) is 60.2 Å². The van der Waals surface area contributed by atoms with Crippen LogP contribution in [0.2, 0.25) is 10.0 Å². The van der Waals surface area contributed by atoms with Crippen molar-refractivity contribution in [1.82, 2.24) is 14.9 Å². The largest absolute Gasteiger partial charge is 0.496 e. The van der Waals surface area contributed by atoms with E-state index in [0.29, 0.717) is 51.9 Å². The van der Waals surface area contributed by atoms with Gasteiger partial charge in [-0.2, -0.15) is 4.98 Å². The second-order valence-electron chi connectivity index (χ2n) is 6.76. The zero-order chi connectivity index (χ0) is 21.1. The highest BCUT2D eigenvalue weighted by Gasteiger charge is 2.29. The van der Waals surface area contributed by atoms with E-state index < -0.39 is 0 Å². The number of hydrogen-bond acceptors (Lipinski definition) is 7. The number of anilines is 3. The van der Waals surface area contributed by atoms with Crippen molar-refractivity contribution in [3.05, 3.63) is 33.9 Å². The number of halogens is 2. The number of rotatable bonds is 5. The van der Waals surface area contributed by atoms with Gasteiger partial charge in [0.1, 0.15) is 16.6 Å². The van der Waals surface area contributed by atoms with E-state index in [9.17, 15) is 4.79 Å². The Morgan fingerprint density at radius 1 is 1.24 bits per heavy atom. The van der Waals surface area contributed by atoms with E-state index in [2.05, 4.69) is 20.6 Å². The molecule has 0 radical (unpaired) electrons. The van der Waals surface area contributed by atoms with Crippen molar-refractivity contribution < 1.29 is 14.3 Å². The molecule has 10 heteroatoms. The second kappa shape index (κ2) is 9.02. The molecule has 2 aromatic rings. The van der Waals surface area contributed by atoms with Crippen LogP contribution in [0.25, 0.3) is 0 Å². The Kier molecular flexibility index (Phi) is 6.66. The summed E-state index contributed by atoms with van der Waals surface area (Å²) in [5.74, 6) is 1.03. The van der Waals surface area contributed by atoms with Gasteiger partial charge in [-0.1, -0.05) is 23.2 Å². The molecule has 1 aromatic carbocycles. The van der Waals surface area contributed by atoms with Gasteiger partial charge in [-0.3, -0.25) is 4.79 Å². The Morgan fingerprint density at radius 2 is 1.93 bits per heavy atom. The van der Waals surface area contributed by atoms with Gasteiger partial charge in [-0.05, 0) is 19.9 Å². The zero-order valence-electron chi connectivity index (χ0n) is 16.6. The lowest BCUT2D eigenvalue weighted by Gasteiger charge is -2.35. The van der Waals surface area contributed by atoms with E-state index >= 15 is 0 Å². The lowest BCUT2D eigenvalue weighted by atomic mass is 10.1. The molecule has 1 aliphatic heterocycles. The third-order valence-corrected chi connectivity index (χ3v) is 5.04. The first-order valence-electron chi connectivity index (χ1n) is 9.12. The summed E-state index contributed by atoms with van der Waals surface area (Å²) in [4.78, 5) is 23.2. The van der Waals surface area contributed by atoms with Crippen LogP contribution in [0.4, 0.5) is 17.5 Å². The maximum Gasteiger partial charge on any atom is 0.257 e. The van der Waals surface area contributed by atoms with E-state index in [1.165, 1.54) is 13.3 Å². The molecule has 2 atom stereocenters. The summed E-state index contributed by atoms with van der Waals surface area (Å²) in [6.45, 7) is 4.90. The summed E-state index contributed by atoms with van der Waals surface area (Å²) >= 11 is 12.5. The van der Waals surface area contributed by atoms with Crippen LogP contribution in [0.5, 0.6) is 5.75 Å². The number of methoxy groups -OCH3 is 1. The number of hydrogen-bond donors (Lipinski definition) is 2. The van der Waals surface area contributed by atoms with Crippen molar-refractivity contribution in [2.24, 2.45) is 0 Å². The molecular formula is C19H23Cl2N5O3. The lowest BCUT2D eigenvalue weighted by Crippen LogP contribution is -2.48.